The van der Waals surface area contributed by atoms with Crippen molar-refractivity contribution in [3.8, 4) is 0 Å². The summed E-state index contributed by atoms with van der Waals surface area (Å²) < 4.78 is 0. The lowest BCUT2D eigenvalue weighted by atomic mass is 9.95. The van der Waals surface area contributed by atoms with Gasteiger partial charge in [-0.1, -0.05) is 27.2 Å². The molecule has 1 saturated heterocycles. The summed E-state index contributed by atoms with van der Waals surface area (Å²) in [5.74, 6) is 2.00. The van der Waals surface area contributed by atoms with Gasteiger partial charge in [0.05, 0.1) is 0 Å². The lowest BCUT2D eigenvalue weighted by Crippen LogP contribution is -2.61. The highest BCUT2D eigenvalue weighted by Crippen LogP contribution is 2.21. The molecule has 0 aromatic carbocycles. The average molecular weight is 258 g/mol. The predicted molar refractivity (Wildman–Crippen MR) is 79.9 cm³/mol. The summed E-state index contributed by atoms with van der Waals surface area (Å²) in [5.41, 5.74) is 0. The Labute approximate surface area is 112 Å². The summed E-state index contributed by atoms with van der Waals surface area (Å²) >= 11 is 1.97. The van der Waals surface area contributed by atoms with E-state index in [1.807, 2.05) is 11.8 Å². The molecule has 3 heteroatoms. The molecule has 1 fully saturated rings. The molecule has 0 aliphatic carbocycles. The van der Waals surface area contributed by atoms with Crippen LogP contribution in [0.15, 0.2) is 0 Å². The minimum atomic E-state index is 0.707. The highest BCUT2D eigenvalue weighted by molar-refractivity contribution is 7.98. The summed E-state index contributed by atoms with van der Waals surface area (Å²) in [5, 5.41) is 3.73. The molecular weight excluding hydrogens is 228 g/mol. The summed E-state index contributed by atoms with van der Waals surface area (Å²) in [6.07, 6.45) is 4.81. The van der Waals surface area contributed by atoms with E-state index in [9.17, 15) is 0 Å². The lowest BCUT2D eigenvalue weighted by molar-refractivity contribution is 0.0687. The molecule has 3 unspecified atom stereocenters. The number of thioether (sulfide) groups is 1. The van der Waals surface area contributed by atoms with E-state index in [0.717, 1.165) is 5.92 Å². The quantitative estimate of drug-likeness (QED) is 0.789. The molecule has 1 aliphatic heterocycles. The molecule has 1 N–H and O–H groups in total. The molecular formula is C14H30N2S. The molecule has 0 aromatic heterocycles. The van der Waals surface area contributed by atoms with Gasteiger partial charge in [-0.2, -0.15) is 11.8 Å². The van der Waals surface area contributed by atoms with E-state index >= 15 is 0 Å². The summed E-state index contributed by atoms with van der Waals surface area (Å²) in [7, 11) is 0. The first kappa shape index (κ1) is 15.3. The third kappa shape index (κ3) is 4.46. The zero-order valence-electron chi connectivity index (χ0n) is 12.2. The van der Waals surface area contributed by atoms with Crippen LogP contribution in [0.5, 0.6) is 0 Å². The average Bonchev–Trinajstić information content (AvgIpc) is 2.29. The van der Waals surface area contributed by atoms with Crippen LogP contribution in [0.3, 0.4) is 0 Å². The van der Waals surface area contributed by atoms with E-state index < -0.39 is 0 Å². The molecule has 0 bridgehead atoms. The van der Waals surface area contributed by atoms with Crippen LogP contribution < -0.4 is 5.32 Å². The smallest absolute Gasteiger partial charge is 0.0247 e. The minimum Gasteiger partial charge on any atom is -0.311 e. The molecule has 0 spiro atoms. The molecule has 1 aliphatic rings. The monoisotopic (exact) mass is 258 g/mol. The van der Waals surface area contributed by atoms with Gasteiger partial charge in [0.25, 0.3) is 0 Å². The Hall–Kier alpha value is 0.270. The Morgan fingerprint density at radius 2 is 2.06 bits per heavy atom. The van der Waals surface area contributed by atoms with Gasteiger partial charge in [-0.25, -0.2) is 0 Å². The number of hydrogen-bond donors (Lipinski definition) is 1. The van der Waals surface area contributed by atoms with E-state index in [0.29, 0.717) is 18.1 Å². The highest BCUT2D eigenvalue weighted by Gasteiger charge is 2.31. The molecule has 102 valence electrons. The van der Waals surface area contributed by atoms with Crippen LogP contribution in [-0.2, 0) is 0 Å². The largest absolute Gasteiger partial charge is 0.311 e. The second-order valence-corrected chi connectivity index (χ2v) is 6.62. The van der Waals surface area contributed by atoms with Crippen molar-refractivity contribution in [2.45, 2.75) is 58.7 Å². The van der Waals surface area contributed by atoms with Crippen LogP contribution >= 0.6 is 11.8 Å². The standard InChI is InChI=1S/C14H30N2S/c1-6-7-13-9-16(12(4)10-17-5)14(8-15-13)11(2)3/h11-15H,6-10H2,1-5H3. The Kier molecular flexibility index (Phi) is 6.90. The molecule has 17 heavy (non-hydrogen) atoms. The van der Waals surface area contributed by atoms with Crippen LogP contribution in [0.25, 0.3) is 0 Å². The van der Waals surface area contributed by atoms with E-state index in [1.165, 1.54) is 31.7 Å². The maximum atomic E-state index is 3.73. The normalized spacial score (nSPS) is 28.6. The van der Waals surface area contributed by atoms with Crippen LogP contribution in [0.1, 0.15) is 40.5 Å². The predicted octanol–water partition coefficient (Wildman–Crippen LogP) is 2.84. The fourth-order valence-electron chi connectivity index (χ4n) is 2.86. The zero-order chi connectivity index (χ0) is 12.8. The van der Waals surface area contributed by atoms with Gasteiger partial charge in [-0.3, -0.25) is 4.90 Å². The molecule has 0 amide bonds. The van der Waals surface area contributed by atoms with Gasteiger partial charge in [-0.05, 0) is 25.5 Å². The summed E-state index contributed by atoms with van der Waals surface area (Å²) in [6, 6.07) is 2.13. The van der Waals surface area contributed by atoms with Gasteiger partial charge < -0.3 is 5.32 Å². The van der Waals surface area contributed by atoms with E-state index in [4.69, 9.17) is 0 Å². The minimum absolute atomic E-state index is 0.707. The van der Waals surface area contributed by atoms with Crippen molar-refractivity contribution in [2.24, 2.45) is 5.92 Å². The first-order valence-electron chi connectivity index (χ1n) is 7.08. The van der Waals surface area contributed by atoms with Gasteiger partial charge in [0.2, 0.25) is 0 Å². The van der Waals surface area contributed by atoms with Crippen molar-refractivity contribution in [3.63, 3.8) is 0 Å². The fraction of sp³-hybridized carbons (Fsp3) is 1.00. The van der Waals surface area contributed by atoms with Crippen LogP contribution in [0.4, 0.5) is 0 Å². The lowest BCUT2D eigenvalue weighted by Gasteiger charge is -2.45. The maximum absolute atomic E-state index is 3.73. The van der Waals surface area contributed by atoms with Crippen LogP contribution in [-0.4, -0.2) is 48.1 Å². The second kappa shape index (κ2) is 7.65. The Morgan fingerprint density at radius 3 is 2.59 bits per heavy atom. The molecule has 2 nitrogen and oxygen atoms in total. The van der Waals surface area contributed by atoms with E-state index in [1.54, 1.807) is 0 Å². The zero-order valence-corrected chi connectivity index (χ0v) is 13.0. The van der Waals surface area contributed by atoms with Gasteiger partial charge >= 0.3 is 0 Å². The number of hydrogen-bond acceptors (Lipinski definition) is 3. The van der Waals surface area contributed by atoms with Gasteiger partial charge in [0.15, 0.2) is 0 Å². The maximum Gasteiger partial charge on any atom is 0.0247 e. The SMILES string of the molecule is CCCC1CN(C(C)CSC)C(C(C)C)CN1. The van der Waals surface area contributed by atoms with Crippen molar-refractivity contribution in [2.75, 3.05) is 25.1 Å². The van der Waals surface area contributed by atoms with Crippen LogP contribution in [0, 0.1) is 5.92 Å². The Balaban J connectivity index is 2.61. The van der Waals surface area contributed by atoms with Crippen molar-refractivity contribution in [1.82, 2.24) is 10.2 Å². The Bertz CT molecular complexity index is 208. The highest BCUT2D eigenvalue weighted by atomic mass is 32.2. The number of nitrogens with one attached hydrogen (secondary N) is 1. The van der Waals surface area contributed by atoms with Crippen molar-refractivity contribution in [3.05, 3.63) is 0 Å². The van der Waals surface area contributed by atoms with Gasteiger partial charge in [0, 0.05) is 37.0 Å². The molecule has 0 saturated carbocycles. The first-order chi connectivity index (χ1) is 8.10. The molecule has 0 radical (unpaired) electrons. The third-order valence-corrected chi connectivity index (χ3v) is 4.67. The Morgan fingerprint density at radius 1 is 1.35 bits per heavy atom. The second-order valence-electron chi connectivity index (χ2n) is 5.71. The molecule has 0 aromatic rings. The van der Waals surface area contributed by atoms with Crippen molar-refractivity contribution in [1.29, 1.82) is 0 Å². The van der Waals surface area contributed by atoms with Gasteiger partial charge in [0.1, 0.15) is 0 Å². The van der Waals surface area contributed by atoms with E-state index in [-0.39, 0.29) is 0 Å². The number of rotatable bonds is 6. The summed E-state index contributed by atoms with van der Waals surface area (Å²) in [4.78, 5) is 2.75. The molecule has 1 heterocycles. The fourth-order valence-corrected chi connectivity index (χ4v) is 3.54. The third-order valence-electron chi connectivity index (χ3n) is 3.85. The molecule has 1 rings (SSSR count). The number of piperazine rings is 1. The van der Waals surface area contributed by atoms with Crippen molar-refractivity contribution >= 4 is 11.8 Å². The first-order valence-corrected chi connectivity index (χ1v) is 8.47. The number of nitrogens with zero attached hydrogens (tertiary/aromatic N) is 1. The molecule has 3 atom stereocenters. The van der Waals surface area contributed by atoms with Crippen molar-refractivity contribution < 1.29 is 0 Å². The van der Waals surface area contributed by atoms with Gasteiger partial charge in [-0.15, -0.1) is 0 Å². The topological polar surface area (TPSA) is 15.3 Å². The van der Waals surface area contributed by atoms with E-state index in [2.05, 4.69) is 44.2 Å². The van der Waals surface area contributed by atoms with Crippen LogP contribution in [0.2, 0.25) is 0 Å². The summed E-state index contributed by atoms with van der Waals surface area (Å²) in [6.45, 7) is 11.8.